The monoisotopic (exact) mass is 475 g/mol. The van der Waals surface area contributed by atoms with Crippen LogP contribution in [0.1, 0.15) is 13.3 Å². The van der Waals surface area contributed by atoms with Crippen LogP contribution in [-0.2, 0) is 26.1 Å². The standard InChI is InChI=1S/C22H25N3O5S2/c1-2-25(17-6-4-3-5-7-17)32(28,29)18-8-9-19-20(16-18)31-22(27)24(19)11-10-21(26)23-12-14-30-15-13-23/h3-9,16H,2,10-15H2,1H3. The Morgan fingerprint density at radius 2 is 1.84 bits per heavy atom. The molecule has 1 aromatic heterocycles. The van der Waals surface area contributed by atoms with Crippen LogP contribution in [0.5, 0.6) is 0 Å². The Bertz CT molecular complexity index is 1260. The van der Waals surface area contributed by atoms with Crippen LogP contribution in [-0.4, -0.2) is 56.6 Å². The van der Waals surface area contributed by atoms with Crippen molar-refractivity contribution in [1.82, 2.24) is 9.47 Å². The van der Waals surface area contributed by atoms with Crippen molar-refractivity contribution in [3.8, 4) is 0 Å². The fourth-order valence-electron chi connectivity index (χ4n) is 3.81. The van der Waals surface area contributed by atoms with Crippen LogP contribution < -0.4 is 9.18 Å². The van der Waals surface area contributed by atoms with Crippen LogP contribution in [0.4, 0.5) is 5.69 Å². The van der Waals surface area contributed by atoms with Crippen LogP contribution in [0.2, 0.25) is 0 Å². The van der Waals surface area contributed by atoms with Gasteiger partial charge in [-0.15, -0.1) is 0 Å². The number of sulfonamides is 1. The lowest BCUT2D eigenvalue weighted by atomic mass is 10.3. The maximum absolute atomic E-state index is 13.3. The van der Waals surface area contributed by atoms with Gasteiger partial charge in [0.1, 0.15) is 0 Å². The van der Waals surface area contributed by atoms with Gasteiger partial charge in [-0.25, -0.2) is 8.42 Å². The van der Waals surface area contributed by atoms with Crippen molar-refractivity contribution in [1.29, 1.82) is 0 Å². The number of fused-ring (bicyclic) bond motifs is 1. The molecular formula is C22H25N3O5S2. The number of aryl methyl sites for hydroxylation is 1. The molecule has 1 fully saturated rings. The lowest BCUT2D eigenvalue weighted by Crippen LogP contribution is -2.41. The molecule has 32 heavy (non-hydrogen) atoms. The van der Waals surface area contributed by atoms with E-state index in [0.29, 0.717) is 42.2 Å². The molecule has 0 aliphatic carbocycles. The Hall–Kier alpha value is -2.69. The van der Waals surface area contributed by atoms with E-state index in [1.807, 2.05) is 6.07 Å². The molecule has 1 saturated heterocycles. The molecule has 0 unspecified atom stereocenters. The molecule has 0 spiro atoms. The van der Waals surface area contributed by atoms with Crippen molar-refractivity contribution < 1.29 is 17.9 Å². The summed E-state index contributed by atoms with van der Waals surface area (Å²) in [6, 6.07) is 13.6. The Balaban J connectivity index is 1.59. The number of carbonyl (C=O) groups excluding carboxylic acids is 1. The number of rotatable bonds is 7. The van der Waals surface area contributed by atoms with Crippen LogP contribution in [0.3, 0.4) is 0 Å². The normalized spacial score (nSPS) is 14.6. The molecule has 2 aromatic carbocycles. The molecule has 1 amide bonds. The van der Waals surface area contributed by atoms with Gasteiger partial charge in [-0.2, -0.15) is 0 Å². The SMILES string of the molecule is CCN(c1ccccc1)S(=O)(=O)c1ccc2c(c1)sc(=O)n2CCC(=O)N1CCOCC1. The fourth-order valence-corrected chi connectivity index (χ4v) is 6.34. The topological polar surface area (TPSA) is 88.9 Å². The number of morpholine rings is 1. The first-order valence-corrected chi connectivity index (χ1v) is 12.7. The predicted octanol–water partition coefficient (Wildman–Crippen LogP) is 2.53. The third-order valence-electron chi connectivity index (χ3n) is 5.47. The largest absolute Gasteiger partial charge is 0.378 e. The summed E-state index contributed by atoms with van der Waals surface area (Å²) < 4.78 is 35.3. The summed E-state index contributed by atoms with van der Waals surface area (Å²) in [6.45, 7) is 4.51. The second kappa shape index (κ2) is 9.43. The summed E-state index contributed by atoms with van der Waals surface area (Å²) >= 11 is 0.991. The van der Waals surface area contributed by atoms with Gasteiger partial charge in [0.25, 0.3) is 10.0 Å². The van der Waals surface area contributed by atoms with Gasteiger partial charge in [0.2, 0.25) is 5.91 Å². The van der Waals surface area contributed by atoms with Crippen molar-refractivity contribution in [2.45, 2.75) is 24.8 Å². The number of amides is 1. The zero-order chi connectivity index (χ0) is 22.7. The first kappa shape index (κ1) is 22.5. The van der Waals surface area contributed by atoms with Crippen molar-refractivity contribution in [2.24, 2.45) is 0 Å². The highest BCUT2D eigenvalue weighted by molar-refractivity contribution is 7.92. The van der Waals surface area contributed by atoms with Gasteiger partial charge < -0.3 is 9.64 Å². The summed E-state index contributed by atoms with van der Waals surface area (Å²) in [5.41, 5.74) is 1.22. The number of carbonyl (C=O) groups is 1. The van der Waals surface area contributed by atoms with E-state index in [0.717, 1.165) is 11.3 Å². The number of hydrogen-bond donors (Lipinski definition) is 0. The molecule has 4 rings (SSSR count). The van der Waals surface area contributed by atoms with Gasteiger partial charge in [0.05, 0.1) is 34.0 Å². The molecule has 0 N–H and O–H groups in total. The van der Waals surface area contributed by atoms with Crippen molar-refractivity contribution in [3.05, 3.63) is 58.2 Å². The molecule has 3 aromatic rings. The molecule has 0 saturated carbocycles. The molecule has 1 aliphatic heterocycles. The van der Waals surface area contributed by atoms with E-state index >= 15 is 0 Å². The molecule has 0 atom stereocenters. The maximum Gasteiger partial charge on any atom is 0.308 e. The number of anilines is 1. The Morgan fingerprint density at radius 1 is 1.12 bits per heavy atom. The number of nitrogens with zero attached hydrogens (tertiary/aromatic N) is 3. The average Bonchev–Trinajstić information content (AvgIpc) is 3.13. The number of thiazole rings is 1. The fraction of sp³-hybridized carbons (Fsp3) is 0.364. The lowest BCUT2D eigenvalue weighted by molar-refractivity contribution is -0.135. The summed E-state index contributed by atoms with van der Waals surface area (Å²) in [5, 5.41) is 0. The number of aromatic nitrogens is 1. The highest BCUT2D eigenvalue weighted by atomic mass is 32.2. The highest BCUT2D eigenvalue weighted by Crippen LogP contribution is 2.27. The molecule has 1 aliphatic rings. The third-order valence-corrected chi connectivity index (χ3v) is 8.31. The molecular weight excluding hydrogens is 450 g/mol. The van der Waals surface area contributed by atoms with E-state index in [2.05, 4.69) is 0 Å². The van der Waals surface area contributed by atoms with Gasteiger partial charge in [0, 0.05) is 32.6 Å². The predicted molar refractivity (Wildman–Crippen MR) is 125 cm³/mol. The number of ether oxygens (including phenoxy) is 1. The summed E-state index contributed by atoms with van der Waals surface area (Å²) in [7, 11) is -3.78. The first-order chi connectivity index (χ1) is 15.4. The number of hydrogen-bond acceptors (Lipinski definition) is 6. The van der Waals surface area contributed by atoms with E-state index in [-0.39, 0.29) is 35.2 Å². The first-order valence-electron chi connectivity index (χ1n) is 10.5. The van der Waals surface area contributed by atoms with Crippen molar-refractivity contribution >= 4 is 43.2 Å². The summed E-state index contributed by atoms with van der Waals surface area (Å²) in [6.07, 6.45) is 0.212. The van der Waals surface area contributed by atoms with Crippen LogP contribution in [0.15, 0.2) is 58.2 Å². The van der Waals surface area contributed by atoms with Gasteiger partial charge in [-0.3, -0.25) is 18.5 Å². The van der Waals surface area contributed by atoms with Crippen LogP contribution in [0.25, 0.3) is 10.2 Å². The Morgan fingerprint density at radius 3 is 2.53 bits per heavy atom. The zero-order valence-corrected chi connectivity index (χ0v) is 19.4. The Labute approximate surface area is 190 Å². The third kappa shape index (κ3) is 4.43. The highest BCUT2D eigenvalue weighted by Gasteiger charge is 2.25. The number of para-hydroxylation sites is 1. The second-order valence-electron chi connectivity index (χ2n) is 7.40. The van der Waals surface area contributed by atoms with E-state index in [4.69, 9.17) is 4.74 Å². The molecule has 0 radical (unpaired) electrons. The lowest BCUT2D eigenvalue weighted by Gasteiger charge is -2.26. The van der Waals surface area contributed by atoms with Gasteiger partial charge in [-0.05, 0) is 37.3 Å². The zero-order valence-electron chi connectivity index (χ0n) is 17.8. The average molecular weight is 476 g/mol. The molecule has 8 nitrogen and oxygen atoms in total. The quantitative estimate of drug-likeness (QED) is 0.524. The minimum Gasteiger partial charge on any atom is -0.378 e. The van der Waals surface area contributed by atoms with Crippen molar-refractivity contribution in [2.75, 3.05) is 37.2 Å². The Kier molecular flexibility index (Phi) is 6.63. The summed E-state index contributed by atoms with van der Waals surface area (Å²) in [4.78, 5) is 26.7. The molecule has 170 valence electrons. The van der Waals surface area contributed by atoms with E-state index in [1.54, 1.807) is 52.8 Å². The van der Waals surface area contributed by atoms with E-state index in [9.17, 15) is 18.0 Å². The molecule has 2 heterocycles. The number of benzene rings is 2. The van der Waals surface area contributed by atoms with Gasteiger partial charge >= 0.3 is 4.87 Å². The molecule has 10 heteroatoms. The molecule has 0 bridgehead atoms. The van der Waals surface area contributed by atoms with Crippen LogP contribution >= 0.6 is 11.3 Å². The van der Waals surface area contributed by atoms with E-state index in [1.165, 1.54) is 10.4 Å². The van der Waals surface area contributed by atoms with E-state index < -0.39 is 10.0 Å². The van der Waals surface area contributed by atoms with Crippen LogP contribution in [0, 0.1) is 0 Å². The smallest absolute Gasteiger partial charge is 0.308 e. The van der Waals surface area contributed by atoms with Gasteiger partial charge in [-0.1, -0.05) is 29.5 Å². The van der Waals surface area contributed by atoms with Crippen molar-refractivity contribution in [3.63, 3.8) is 0 Å². The second-order valence-corrected chi connectivity index (χ2v) is 10.3. The minimum absolute atomic E-state index is 0.0137. The minimum atomic E-state index is -3.78. The maximum atomic E-state index is 13.3. The van der Waals surface area contributed by atoms with Gasteiger partial charge in [0.15, 0.2) is 0 Å². The summed E-state index contributed by atoms with van der Waals surface area (Å²) in [5.74, 6) is -0.0137.